The van der Waals surface area contributed by atoms with Crippen molar-refractivity contribution in [3.05, 3.63) is 24.3 Å². The highest BCUT2D eigenvalue weighted by atomic mass is 16.4. The molecule has 4 nitrogen and oxygen atoms in total. The normalized spacial score (nSPS) is 23.5. The molecule has 1 aliphatic carbocycles. The Morgan fingerprint density at radius 2 is 2.00 bits per heavy atom. The fourth-order valence-corrected chi connectivity index (χ4v) is 2.33. The summed E-state index contributed by atoms with van der Waals surface area (Å²) in [5.74, 6) is -0.147. The number of aliphatic carboxylic acids is 1. The zero-order chi connectivity index (χ0) is 12.3. The van der Waals surface area contributed by atoms with Crippen LogP contribution >= 0.6 is 0 Å². The summed E-state index contributed by atoms with van der Waals surface area (Å²) in [4.78, 5) is 10.8. The van der Waals surface area contributed by atoms with Gasteiger partial charge in [0.15, 0.2) is 0 Å². The van der Waals surface area contributed by atoms with E-state index in [1.54, 1.807) is 12.1 Å². The van der Waals surface area contributed by atoms with Crippen molar-refractivity contribution >= 4 is 11.7 Å². The Hall–Kier alpha value is -1.71. The van der Waals surface area contributed by atoms with Gasteiger partial charge >= 0.3 is 5.97 Å². The Morgan fingerprint density at radius 1 is 1.29 bits per heavy atom. The van der Waals surface area contributed by atoms with Crippen molar-refractivity contribution in [2.45, 2.75) is 19.3 Å². The van der Waals surface area contributed by atoms with Crippen LogP contribution in [0.15, 0.2) is 24.3 Å². The summed E-state index contributed by atoms with van der Waals surface area (Å²) in [5.41, 5.74) is 0.960. The average molecular weight is 235 g/mol. The molecule has 3 N–H and O–H groups in total. The molecule has 0 radical (unpaired) electrons. The SMILES string of the molecule is O=C(O)C1CCC(CNc2ccc(O)cc2)C1. The minimum Gasteiger partial charge on any atom is -0.508 e. The molecule has 0 amide bonds. The molecular formula is C13H17NO3. The van der Waals surface area contributed by atoms with E-state index in [0.29, 0.717) is 5.92 Å². The summed E-state index contributed by atoms with van der Waals surface area (Å²) < 4.78 is 0. The van der Waals surface area contributed by atoms with E-state index in [1.807, 2.05) is 12.1 Å². The molecule has 1 fully saturated rings. The van der Waals surface area contributed by atoms with Crippen LogP contribution in [0.1, 0.15) is 19.3 Å². The number of hydrogen-bond donors (Lipinski definition) is 3. The smallest absolute Gasteiger partial charge is 0.306 e. The summed E-state index contributed by atoms with van der Waals surface area (Å²) in [5, 5.41) is 21.3. The second-order valence-corrected chi connectivity index (χ2v) is 4.64. The van der Waals surface area contributed by atoms with Crippen LogP contribution in [-0.4, -0.2) is 22.7 Å². The molecule has 0 aliphatic heterocycles. The van der Waals surface area contributed by atoms with Crippen molar-refractivity contribution in [2.75, 3.05) is 11.9 Å². The highest BCUT2D eigenvalue weighted by Crippen LogP contribution is 2.31. The summed E-state index contributed by atoms with van der Waals surface area (Å²) in [6.45, 7) is 0.800. The molecule has 1 aliphatic rings. The number of hydrogen-bond acceptors (Lipinski definition) is 3. The molecule has 0 bridgehead atoms. The Balaban J connectivity index is 1.80. The van der Waals surface area contributed by atoms with E-state index >= 15 is 0 Å². The average Bonchev–Trinajstić information content (AvgIpc) is 2.77. The van der Waals surface area contributed by atoms with Gasteiger partial charge in [0.1, 0.15) is 5.75 Å². The number of benzene rings is 1. The second kappa shape index (κ2) is 5.08. The molecule has 2 unspecified atom stereocenters. The van der Waals surface area contributed by atoms with Gasteiger partial charge in [0, 0.05) is 12.2 Å². The van der Waals surface area contributed by atoms with Gasteiger partial charge in [-0.15, -0.1) is 0 Å². The number of aromatic hydroxyl groups is 1. The van der Waals surface area contributed by atoms with E-state index in [-0.39, 0.29) is 11.7 Å². The molecular weight excluding hydrogens is 218 g/mol. The maximum absolute atomic E-state index is 10.8. The number of phenols is 1. The van der Waals surface area contributed by atoms with Gasteiger partial charge in [-0.3, -0.25) is 4.79 Å². The third-order valence-corrected chi connectivity index (χ3v) is 3.35. The molecule has 17 heavy (non-hydrogen) atoms. The van der Waals surface area contributed by atoms with E-state index in [4.69, 9.17) is 10.2 Å². The fraction of sp³-hybridized carbons (Fsp3) is 0.462. The van der Waals surface area contributed by atoms with Gasteiger partial charge in [-0.2, -0.15) is 0 Å². The molecule has 0 aromatic heterocycles. The number of carboxylic acids is 1. The van der Waals surface area contributed by atoms with Gasteiger partial charge in [-0.05, 0) is 49.4 Å². The molecule has 92 valence electrons. The van der Waals surface area contributed by atoms with Crippen LogP contribution in [0.2, 0.25) is 0 Å². The van der Waals surface area contributed by atoms with Crippen LogP contribution in [-0.2, 0) is 4.79 Å². The van der Waals surface area contributed by atoms with Crippen molar-refractivity contribution in [1.29, 1.82) is 0 Å². The first-order chi connectivity index (χ1) is 8.15. The van der Waals surface area contributed by atoms with Gasteiger partial charge < -0.3 is 15.5 Å². The Kier molecular flexibility index (Phi) is 3.52. The van der Waals surface area contributed by atoms with Crippen LogP contribution in [0.25, 0.3) is 0 Å². The Labute approximate surface area is 100 Å². The summed E-state index contributed by atoms with van der Waals surface area (Å²) in [6, 6.07) is 6.91. The zero-order valence-corrected chi connectivity index (χ0v) is 9.60. The first-order valence-electron chi connectivity index (χ1n) is 5.91. The number of nitrogens with one attached hydrogen (secondary N) is 1. The topological polar surface area (TPSA) is 69.6 Å². The lowest BCUT2D eigenvalue weighted by atomic mass is 10.1. The molecule has 1 aromatic rings. The minimum absolute atomic E-state index is 0.165. The van der Waals surface area contributed by atoms with Gasteiger partial charge in [0.25, 0.3) is 0 Å². The van der Waals surface area contributed by atoms with Crippen molar-refractivity contribution in [3.63, 3.8) is 0 Å². The third-order valence-electron chi connectivity index (χ3n) is 3.35. The van der Waals surface area contributed by atoms with Crippen LogP contribution in [0.3, 0.4) is 0 Å². The highest BCUT2D eigenvalue weighted by molar-refractivity contribution is 5.70. The Morgan fingerprint density at radius 3 is 2.59 bits per heavy atom. The Bertz CT molecular complexity index is 388. The predicted octanol–water partition coefficient (Wildman–Crippen LogP) is 2.30. The molecule has 1 aromatic carbocycles. The molecule has 2 rings (SSSR count). The molecule has 0 heterocycles. The van der Waals surface area contributed by atoms with Gasteiger partial charge in [0.2, 0.25) is 0 Å². The lowest BCUT2D eigenvalue weighted by molar-refractivity contribution is -0.141. The monoisotopic (exact) mass is 235 g/mol. The van der Waals surface area contributed by atoms with E-state index in [0.717, 1.165) is 31.5 Å². The lowest BCUT2D eigenvalue weighted by Gasteiger charge is -2.12. The van der Waals surface area contributed by atoms with E-state index in [2.05, 4.69) is 5.32 Å². The fourth-order valence-electron chi connectivity index (χ4n) is 2.33. The molecule has 4 heteroatoms. The van der Waals surface area contributed by atoms with Crippen LogP contribution in [0.5, 0.6) is 5.75 Å². The van der Waals surface area contributed by atoms with Gasteiger partial charge in [-0.25, -0.2) is 0 Å². The van der Waals surface area contributed by atoms with Gasteiger partial charge in [-0.1, -0.05) is 0 Å². The van der Waals surface area contributed by atoms with Gasteiger partial charge in [0.05, 0.1) is 5.92 Å². The minimum atomic E-state index is -0.669. The maximum atomic E-state index is 10.8. The molecule has 0 spiro atoms. The zero-order valence-electron chi connectivity index (χ0n) is 9.60. The predicted molar refractivity (Wildman–Crippen MR) is 65.1 cm³/mol. The second-order valence-electron chi connectivity index (χ2n) is 4.64. The number of carbonyl (C=O) groups is 1. The van der Waals surface area contributed by atoms with E-state index < -0.39 is 5.97 Å². The van der Waals surface area contributed by atoms with E-state index in [1.165, 1.54) is 0 Å². The quantitative estimate of drug-likeness (QED) is 0.700. The summed E-state index contributed by atoms with van der Waals surface area (Å²) >= 11 is 0. The molecule has 0 saturated heterocycles. The number of anilines is 1. The highest BCUT2D eigenvalue weighted by Gasteiger charge is 2.29. The van der Waals surface area contributed by atoms with Crippen molar-refractivity contribution < 1.29 is 15.0 Å². The number of rotatable bonds is 4. The molecule has 1 saturated carbocycles. The largest absolute Gasteiger partial charge is 0.508 e. The lowest BCUT2D eigenvalue weighted by Crippen LogP contribution is -2.14. The summed E-state index contributed by atoms with van der Waals surface area (Å²) in [6.07, 6.45) is 2.53. The number of phenolic OH excluding ortho intramolecular Hbond substituents is 1. The van der Waals surface area contributed by atoms with E-state index in [9.17, 15) is 4.79 Å². The van der Waals surface area contributed by atoms with Crippen LogP contribution in [0.4, 0.5) is 5.69 Å². The van der Waals surface area contributed by atoms with Crippen molar-refractivity contribution in [2.24, 2.45) is 11.8 Å². The van der Waals surface area contributed by atoms with Crippen molar-refractivity contribution in [1.82, 2.24) is 0 Å². The standard InChI is InChI=1S/C13H17NO3/c15-12-5-3-11(4-6-12)14-8-9-1-2-10(7-9)13(16)17/h3-6,9-10,14-15H,1-2,7-8H2,(H,16,17). The summed E-state index contributed by atoms with van der Waals surface area (Å²) in [7, 11) is 0. The van der Waals surface area contributed by atoms with Crippen LogP contribution in [0, 0.1) is 11.8 Å². The van der Waals surface area contributed by atoms with Crippen LogP contribution < -0.4 is 5.32 Å². The number of carboxylic acid groups (broad SMARTS) is 1. The van der Waals surface area contributed by atoms with Crippen molar-refractivity contribution in [3.8, 4) is 5.75 Å². The first-order valence-corrected chi connectivity index (χ1v) is 5.91. The third kappa shape index (κ3) is 3.12. The first kappa shape index (κ1) is 11.8. The molecule has 2 atom stereocenters. The maximum Gasteiger partial charge on any atom is 0.306 e.